The molecule has 0 N–H and O–H groups in total. The minimum Gasteiger partial charge on any atom is -0.496 e. The highest BCUT2D eigenvalue weighted by Gasteiger charge is 2.44. The summed E-state index contributed by atoms with van der Waals surface area (Å²) in [7, 11) is 1.66. The van der Waals surface area contributed by atoms with E-state index < -0.39 is 5.60 Å². The van der Waals surface area contributed by atoms with Crippen molar-refractivity contribution in [2.75, 3.05) is 20.2 Å². The van der Waals surface area contributed by atoms with Gasteiger partial charge in [0.15, 0.2) is 5.60 Å². The largest absolute Gasteiger partial charge is 0.496 e. The number of ether oxygens (including phenoxy) is 2. The van der Waals surface area contributed by atoms with E-state index in [0.29, 0.717) is 18.7 Å². The molecule has 2 aliphatic heterocycles. The van der Waals surface area contributed by atoms with Gasteiger partial charge in [-0.25, -0.2) is 0 Å². The van der Waals surface area contributed by atoms with Crippen LogP contribution in [0.5, 0.6) is 11.5 Å². The third-order valence-electron chi connectivity index (χ3n) is 6.76. The summed E-state index contributed by atoms with van der Waals surface area (Å²) in [4.78, 5) is 15.3. The van der Waals surface area contributed by atoms with E-state index in [2.05, 4.69) is 49.7 Å². The Morgan fingerprint density at radius 3 is 2.50 bits per heavy atom. The Morgan fingerprint density at radius 1 is 1.03 bits per heavy atom. The van der Waals surface area contributed by atoms with E-state index in [1.165, 1.54) is 5.69 Å². The van der Waals surface area contributed by atoms with Gasteiger partial charge in [0.25, 0.3) is 5.91 Å². The van der Waals surface area contributed by atoms with Crippen LogP contribution >= 0.6 is 0 Å². The highest BCUT2D eigenvalue weighted by Crippen LogP contribution is 2.45. The molecule has 0 aliphatic carbocycles. The number of piperidine rings is 1. The van der Waals surface area contributed by atoms with E-state index in [9.17, 15) is 4.79 Å². The molecule has 0 radical (unpaired) electrons. The lowest BCUT2D eigenvalue weighted by Gasteiger charge is -2.45. The van der Waals surface area contributed by atoms with Gasteiger partial charge in [-0.05, 0) is 47.4 Å². The number of likely N-dealkylation sites (tertiary alicyclic amines) is 1. The molecule has 5 heteroatoms. The number of carbonyl (C=O) groups is 1. The third kappa shape index (κ3) is 3.27. The summed E-state index contributed by atoms with van der Waals surface area (Å²) in [5, 5.41) is 0. The van der Waals surface area contributed by atoms with Crippen molar-refractivity contribution >= 4 is 5.91 Å². The van der Waals surface area contributed by atoms with Crippen LogP contribution in [0.25, 0.3) is 5.69 Å². The van der Waals surface area contributed by atoms with E-state index in [1.807, 2.05) is 41.3 Å². The van der Waals surface area contributed by atoms with Gasteiger partial charge in [0.2, 0.25) is 0 Å². The van der Waals surface area contributed by atoms with Crippen LogP contribution in [0.15, 0.2) is 60.8 Å². The van der Waals surface area contributed by atoms with Gasteiger partial charge in [-0.1, -0.05) is 39.0 Å². The SMILES string of the molecule is COc1cc(C(=O)N2CCC3(CC2)Oc2ccccc2-n2cccc23)ccc1C(C)(C)C. The maximum absolute atomic E-state index is 13.3. The highest BCUT2D eigenvalue weighted by atomic mass is 16.5. The van der Waals surface area contributed by atoms with Gasteiger partial charge in [0.1, 0.15) is 11.5 Å². The van der Waals surface area contributed by atoms with Gasteiger partial charge in [0.05, 0.1) is 18.5 Å². The summed E-state index contributed by atoms with van der Waals surface area (Å²) >= 11 is 0. The molecule has 1 fully saturated rings. The summed E-state index contributed by atoms with van der Waals surface area (Å²) in [6.45, 7) is 7.74. The average molecular weight is 431 g/mol. The van der Waals surface area contributed by atoms with Crippen molar-refractivity contribution < 1.29 is 14.3 Å². The van der Waals surface area contributed by atoms with Crippen molar-refractivity contribution in [2.45, 2.75) is 44.6 Å². The molecule has 1 spiro atoms. The van der Waals surface area contributed by atoms with Crippen LogP contribution in [-0.4, -0.2) is 35.6 Å². The van der Waals surface area contributed by atoms with Gasteiger partial charge < -0.3 is 18.9 Å². The van der Waals surface area contributed by atoms with Gasteiger partial charge in [0, 0.05) is 37.7 Å². The normalized spacial score (nSPS) is 16.8. The number of nitrogens with zero attached hydrogens (tertiary/aromatic N) is 2. The van der Waals surface area contributed by atoms with Gasteiger partial charge in [-0.3, -0.25) is 4.79 Å². The van der Waals surface area contributed by atoms with Crippen LogP contribution in [0.3, 0.4) is 0 Å². The van der Waals surface area contributed by atoms with Crippen LogP contribution in [0.1, 0.15) is 55.2 Å². The number of fused-ring (bicyclic) bond motifs is 4. The van der Waals surface area contributed by atoms with Crippen molar-refractivity contribution in [3.05, 3.63) is 77.6 Å². The topological polar surface area (TPSA) is 43.7 Å². The Hall–Kier alpha value is -3.21. The Kier molecular flexibility index (Phi) is 4.81. The Balaban J connectivity index is 1.37. The first kappa shape index (κ1) is 20.7. The molecule has 5 nitrogen and oxygen atoms in total. The molecule has 5 rings (SSSR count). The fourth-order valence-electron chi connectivity index (χ4n) is 5.02. The predicted octanol–water partition coefficient (Wildman–Crippen LogP) is 5.31. The summed E-state index contributed by atoms with van der Waals surface area (Å²) in [5.74, 6) is 1.71. The van der Waals surface area contributed by atoms with E-state index >= 15 is 0 Å². The maximum Gasteiger partial charge on any atom is 0.253 e. The number of hydrogen-bond acceptors (Lipinski definition) is 3. The molecule has 3 aromatic rings. The van der Waals surface area contributed by atoms with Crippen molar-refractivity contribution in [3.8, 4) is 17.2 Å². The van der Waals surface area contributed by atoms with Crippen molar-refractivity contribution in [3.63, 3.8) is 0 Å². The molecule has 32 heavy (non-hydrogen) atoms. The van der Waals surface area contributed by atoms with Gasteiger partial charge >= 0.3 is 0 Å². The number of para-hydroxylation sites is 2. The molecule has 0 atom stereocenters. The zero-order chi connectivity index (χ0) is 22.5. The number of benzene rings is 2. The number of carbonyl (C=O) groups excluding carboxylic acids is 1. The zero-order valence-electron chi connectivity index (χ0n) is 19.2. The third-order valence-corrected chi connectivity index (χ3v) is 6.76. The predicted molar refractivity (Wildman–Crippen MR) is 125 cm³/mol. The first-order valence-electron chi connectivity index (χ1n) is 11.3. The van der Waals surface area contributed by atoms with Crippen LogP contribution in [0, 0.1) is 0 Å². The van der Waals surface area contributed by atoms with Gasteiger partial charge in [-0.2, -0.15) is 0 Å². The lowest BCUT2D eigenvalue weighted by molar-refractivity contribution is -0.00931. The molecule has 1 aromatic heterocycles. The number of methoxy groups -OCH3 is 1. The number of rotatable bonds is 2. The summed E-state index contributed by atoms with van der Waals surface area (Å²) in [6.07, 6.45) is 3.61. The van der Waals surface area contributed by atoms with E-state index in [0.717, 1.165) is 35.6 Å². The van der Waals surface area contributed by atoms with Crippen molar-refractivity contribution in [1.82, 2.24) is 9.47 Å². The van der Waals surface area contributed by atoms with Crippen LogP contribution in [0.4, 0.5) is 0 Å². The van der Waals surface area contributed by atoms with E-state index in [4.69, 9.17) is 9.47 Å². The number of amides is 1. The minimum atomic E-state index is -0.400. The molecule has 3 heterocycles. The molecular weight excluding hydrogens is 400 g/mol. The first-order valence-corrected chi connectivity index (χ1v) is 11.3. The Morgan fingerprint density at radius 2 is 1.78 bits per heavy atom. The number of aromatic nitrogens is 1. The number of hydrogen-bond donors (Lipinski definition) is 0. The van der Waals surface area contributed by atoms with Crippen LogP contribution in [-0.2, 0) is 11.0 Å². The van der Waals surface area contributed by atoms with Gasteiger partial charge in [-0.15, -0.1) is 0 Å². The van der Waals surface area contributed by atoms with Crippen LogP contribution in [0.2, 0.25) is 0 Å². The smallest absolute Gasteiger partial charge is 0.253 e. The lowest BCUT2D eigenvalue weighted by atomic mass is 9.85. The molecule has 1 saturated heterocycles. The first-order chi connectivity index (χ1) is 15.3. The standard InChI is InChI=1S/C27H30N2O3/c1-26(2,3)20-12-11-19(18-23(20)31-4)25(30)28-16-13-27(14-17-28)24-10-7-15-29(24)21-8-5-6-9-22(21)32-27/h5-12,15,18H,13-14,16-17H2,1-4H3. The fourth-order valence-corrected chi connectivity index (χ4v) is 5.02. The molecule has 166 valence electrons. The quantitative estimate of drug-likeness (QED) is 0.554. The van der Waals surface area contributed by atoms with Crippen molar-refractivity contribution in [1.29, 1.82) is 0 Å². The molecule has 0 bridgehead atoms. The molecular formula is C27H30N2O3. The zero-order valence-corrected chi connectivity index (χ0v) is 19.2. The average Bonchev–Trinajstić information content (AvgIpc) is 3.30. The lowest BCUT2D eigenvalue weighted by Crippen LogP contribution is -2.50. The minimum absolute atomic E-state index is 0.0465. The highest BCUT2D eigenvalue weighted by molar-refractivity contribution is 5.95. The molecule has 0 unspecified atom stereocenters. The summed E-state index contributed by atoms with van der Waals surface area (Å²) < 4.78 is 14.4. The van der Waals surface area contributed by atoms with Crippen LogP contribution < -0.4 is 9.47 Å². The molecule has 2 aliphatic rings. The second-order valence-corrected chi connectivity index (χ2v) is 9.78. The maximum atomic E-state index is 13.3. The van der Waals surface area contributed by atoms with E-state index in [1.54, 1.807) is 7.11 Å². The second-order valence-electron chi connectivity index (χ2n) is 9.78. The monoisotopic (exact) mass is 430 g/mol. The second kappa shape index (κ2) is 7.44. The summed E-state index contributed by atoms with van der Waals surface area (Å²) in [5.41, 5.74) is 3.56. The van der Waals surface area contributed by atoms with E-state index in [-0.39, 0.29) is 11.3 Å². The summed E-state index contributed by atoms with van der Waals surface area (Å²) in [6, 6.07) is 18.2. The molecule has 2 aromatic carbocycles. The Bertz CT molecular complexity index is 1160. The van der Waals surface area contributed by atoms with Crippen molar-refractivity contribution in [2.24, 2.45) is 0 Å². The Labute approximate surface area is 189 Å². The fraction of sp³-hybridized carbons (Fsp3) is 0.370. The molecule has 1 amide bonds. The molecule has 0 saturated carbocycles.